The van der Waals surface area contributed by atoms with E-state index >= 15 is 0 Å². The first kappa shape index (κ1) is 13.8. The van der Waals surface area contributed by atoms with Crippen LogP contribution < -0.4 is 5.32 Å². The van der Waals surface area contributed by atoms with Crippen LogP contribution in [0.1, 0.15) is 30.1 Å². The Labute approximate surface area is 109 Å². The van der Waals surface area contributed by atoms with Crippen molar-refractivity contribution in [1.29, 1.82) is 0 Å². The maximum absolute atomic E-state index is 11.4. The Kier molecular flexibility index (Phi) is 4.78. The first-order valence-corrected chi connectivity index (χ1v) is 5.73. The fraction of sp³-hybridized carbons (Fsp3) is 0.273. The van der Waals surface area contributed by atoms with Gasteiger partial charge in [-0.15, -0.1) is 0 Å². The largest absolute Gasteiger partial charge is 0.478 e. The zero-order valence-electron chi connectivity index (χ0n) is 9.09. The number of benzene rings is 1. The summed E-state index contributed by atoms with van der Waals surface area (Å²) in [7, 11) is 0. The number of anilines is 1. The molecule has 92 valence electrons. The first-order chi connectivity index (χ1) is 7.95. The normalized spacial score (nSPS) is 10.1. The maximum atomic E-state index is 11.4. The van der Waals surface area contributed by atoms with E-state index in [0.717, 1.165) is 0 Å². The van der Waals surface area contributed by atoms with E-state index < -0.39 is 5.97 Å². The maximum Gasteiger partial charge on any atom is 0.339 e. The molecule has 4 nitrogen and oxygen atoms in total. The Morgan fingerprint density at radius 1 is 1.35 bits per heavy atom. The van der Waals surface area contributed by atoms with Gasteiger partial charge in [0.2, 0.25) is 5.91 Å². The Morgan fingerprint density at radius 2 is 2.00 bits per heavy atom. The summed E-state index contributed by atoms with van der Waals surface area (Å²) >= 11 is 11.5. The molecule has 1 rings (SSSR count). The van der Waals surface area contributed by atoms with Crippen LogP contribution in [-0.2, 0) is 4.79 Å². The third-order valence-corrected chi connectivity index (χ3v) is 2.54. The molecule has 0 aliphatic heterocycles. The molecule has 0 fully saturated rings. The van der Waals surface area contributed by atoms with Gasteiger partial charge in [0.25, 0.3) is 0 Å². The van der Waals surface area contributed by atoms with E-state index in [1.165, 1.54) is 12.1 Å². The Balaban J connectivity index is 3.12. The lowest BCUT2D eigenvalue weighted by Gasteiger charge is -2.10. The minimum atomic E-state index is -1.21. The van der Waals surface area contributed by atoms with Crippen LogP contribution in [0, 0.1) is 0 Å². The molecule has 0 radical (unpaired) electrons. The highest BCUT2D eigenvalue weighted by Gasteiger charge is 2.17. The van der Waals surface area contributed by atoms with Crippen molar-refractivity contribution >= 4 is 40.8 Å². The molecule has 1 amide bonds. The zero-order valence-corrected chi connectivity index (χ0v) is 10.6. The van der Waals surface area contributed by atoms with E-state index in [4.69, 9.17) is 28.3 Å². The van der Waals surface area contributed by atoms with Gasteiger partial charge in [-0.05, 0) is 18.6 Å². The number of carboxylic acid groups (broad SMARTS) is 1. The van der Waals surface area contributed by atoms with Gasteiger partial charge < -0.3 is 10.4 Å². The van der Waals surface area contributed by atoms with Gasteiger partial charge in [0.05, 0.1) is 10.7 Å². The van der Waals surface area contributed by atoms with Gasteiger partial charge in [-0.2, -0.15) is 0 Å². The lowest BCUT2D eigenvalue weighted by molar-refractivity contribution is -0.116. The molecule has 0 heterocycles. The van der Waals surface area contributed by atoms with Crippen molar-refractivity contribution in [3.63, 3.8) is 0 Å². The minimum absolute atomic E-state index is 0.00296. The summed E-state index contributed by atoms with van der Waals surface area (Å²) in [5.74, 6) is -1.48. The van der Waals surface area contributed by atoms with Crippen LogP contribution in [0.5, 0.6) is 0 Å². The fourth-order valence-electron chi connectivity index (χ4n) is 1.33. The average Bonchev–Trinajstić information content (AvgIpc) is 2.15. The van der Waals surface area contributed by atoms with Crippen molar-refractivity contribution in [3.8, 4) is 0 Å². The quantitative estimate of drug-likeness (QED) is 0.885. The van der Waals surface area contributed by atoms with Crippen LogP contribution in [0.25, 0.3) is 0 Å². The third-order valence-electron chi connectivity index (χ3n) is 2.02. The van der Waals surface area contributed by atoms with Gasteiger partial charge in [-0.3, -0.25) is 4.79 Å². The molecular formula is C11H11Cl2NO3. The molecule has 17 heavy (non-hydrogen) atoms. The fourth-order valence-corrected chi connectivity index (χ4v) is 1.90. The number of amides is 1. The Bertz CT molecular complexity index is 460. The van der Waals surface area contributed by atoms with Crippen molar-refractivity contribution in [2.45, 2.75) is 19.8 Å². The van der Waals surface area contributed by atoms with Gasteiger partial charge in [-0.25, -0.2) is 4.79 Å². The van der Waals surface area contributed by atoms with Crippen molar-refractivity contribution < 1.29 is 14.7 Å². The predicted molar refractivity (Wildman–Crippen MR) is 67.0 cm³/mol. The molecule has 2 N–H and O–H groups in total. The summed E-state index contributed by atoms with van der Waals surface area (Å²) in [5.41, 5.74) is -0.0334. The number of halogens is 2. The number of rotatable bonds is 4. The smallest absolute Gasteiger partial charge is 0.339 e. The number of carboxylic acids is 1. The minimum Gasteiger partial charge on any atom is -0.478 e. The third kappa shape index (κ3) is 3.61. The van der Waals surface area contributed by atoms with Crippen molar-refractivity contribution in [2.24, 2.45) is 0 Å². The summed E-state index contributed by atoms with van der Waals surface area (Å²) in [5, 5.41) is 11.8. The van der Waals surface area contributed by atoms with E-state index in [1.807, 2.05) is 6.92 Å². The SMILES string of the molecule is CCCC(=O)Nc1cc(Cl)cc(Cl)c1C(=O)O. The number of hydrogen-bond donors (Lipinski definition) is 2. The highest BCUT2D eigenvalue weighted by atomic mass is 35.5. The second-order valence-corrected chi connectivity index (χ2v) is 4.26. The van der Waals surface area contributed by atoms with Gasteiger partial charge in [-0.1, -0.05) is 30.1 Å². The Hall–Kier alpha value is -1.26. The van der Waals surface area contributed by atoms with Crippen LogP contribution in [0.15, 0.2) is 12.1 Å². The molecule has 1 aromatic rings. The summed E-state index contributed by atoms with van der Waals surface area (Å²) in [6.45, 7) is 1.85. The molecule has 6 heteroatoms. The summed E-state index contributed by atoms with van der Waals surface area (Å²) < 4.78 is 0. The first-order valence-electron chi connectivity index (χ1n) is 4.98. The van der Waals surface area contributed by atoms with Crippen LogP contribution in [-0.4, -0.2) is 17.0 Å². The number of carbonyl (C=O) groups excluding carboxylic acids is 1. The molecule has 0 unspecified atom stereocenters. The second kappa shape index (κ2) is 5.89. The predicted octanol–water partition coefficient (Wildman–Crippen LogP) is 3.43. The van der Waals surface area contributed by atoms with Gasteiger partial charge in [0.15, 0.2) is 0 Å². The number of carbonyl (C=O) groups is 2. The van der Waals surface area contributed by atoms with Crippen LogP contribution in [0.3, 0.4) is 0 Å². The van der Waals surface area contributed by atoms with Crippen LogP contribution in [0.4, 0.5) is 5.69 Å². The lowest BCUT2D eigenvalue weighted by Crippen LogP contribution is -2.14. The highest BCUT2D eigenvalue weighted by molar-refractivity contribution is 6.37. The number of aromatic carboxylic acids is 1. The van der Waals surface area contributed by atoms with Crippen molar-refractivity contribution in [1.82, 2.24) is 0 Å². The molecule has 0 bridgehead atoms. The average molecular weight is 276 g/mol. The molecule has 0 spiro atoms. The molecule has 0 saturated carbocycles. The Morgan fingerprint density at radius 3 is 2.53 bits per heavy atom. The number of nitrogens with one attached hydrogen (secondary N) is 1. The molecule has 0 atom stereocenters. The molecule has 0 aliphatic carbocycles. The van der Waals surface area contributed by atoms with Gasteiger partial charge in [0, 0.05) is 11.4 Å². The molecule has 0 aromatic heterocycles. The zero-order chi connectivity index (χ0) is 13.0. The molecular weight excluding hydrogens is 265 g/mol. The highest BCUT2D eigenvalue weighted by Crippen LogP contribution is 2.29. The summed E-state index contributed by atoms with van der Waals surface area (Å²) in [4.78, 5) is 22.4. The standard InChI is InChI=1S/C11H11Cl2NO3/c1-2-3-9(15)14-8-5-6(12)4-7(13)10(8)11(16)17/h4-5H,2-3H2,1H3,(H,14,15)(H,16,17). The van der Waals surface area contributed by atoms with Crippen molar-refractivity contribution in [3.05, 3.63) is 27.7 Å². The summed E-state index contributed by atoms with van der Waals surface area (Å²) in [6.07, 6.45) is 0.978. The second-order valence-electron chi connectivity index (χ2n) is 3.41. The van der Waals surface area contributed by atoms with Gasteiger partial charge in [0.1, 0.15) is 5.56 Å². The molecule has 0 aliphatic rings. The van der Waals surface area contributed by atoms with Crippen LogP contribution in [0.2, 0.25) is 10.0 Å². The summed E-state index contributed by atoms with van der Waals surface area (Å²) in [6, 6.07) is 2.69. The molecule has 1 aromatic carbocycles. The number of hydrogen-bond acceptors (Lipinski definition) is 2. The van der Waals surface area contributed by atoms with Crippen LogP contribution >= 0.6 is 23.2 Å². The van der Waals surface area contributed by atoms with E-state index in [9.17, 15) is 9.59 Å². The lowest BCUT2D eigenvalue weighted by atomic mass is 10.1. The monoisotopic (exact) mass is 275 g/mol. The van der Waals surface area contributed by atoms with Gasteiger partial charge >= 0.3 is 5.97 Å². The van der Waals surface area contributed by atoms with E-state index in [-0.39, 0.29) is 27.2 Å². The topological polar surface area (TPSA) is 66.4 Å². The van der Waals surface area contributed by atoms with E-state index in [0.29, 0.717) is 12.8 Å². The van der Waals surface area contributed by atoms with E-state index in [2.05, 4.69) is 5.32 Å². The van der Waals surface area contributed by atoms with Crippen molar-refractivity contribution in [2.75, 3.05) is 5.32 Å². The molecule has 0 saturated heterocycles. The van der Waals surface area contributed by atoms with E-state index in [1.54, 1.807) is 0 Å².